The predicted molar refractivity (Wildman–Crippen MR) is 70.1 cm³/mol. The fourth-order valence-electron chi connectivity index (χ4n) is 3.23. The third kappa shape index (κ3) is 4.36. The quantitative estimate of drug-likeness (QED) is 0.836. The van der Waals surface area contributed by atoms with Crippen molar-refractivity contribution >= 4 is 5.91 Å². The van der Waals surface area contributed by atoms with Crippen LogP contribution in [0.3, 0.4) is 0 Å². The number of rotatable bonds is 4. The Bertz CT molecular complexity index is 327. The van der Waals surface area contributed by atoms with E-state index in [1.54, 1.807) is 0 Å². The summed E-state index contributed by atoms with van der Waals surface area (Å²) in [5.74, 6) is -1.36. The average Bonchev–Trinajstić information content (AvgIpc) is 2.91. The average molecular weight is 292 g/mol. The van der Waals surface area contributed by atoms with E-state index in [0.717, 1.165) is 25.9 Å². The maximum Gasteiger partial charge on any atom is 0.391 e. The molecule has 2 aliphatic rings. The molecule has 1 saturated heterocycles. The van der Waals surface area contributed by atoms with E-state index in [9.17, 15) is 18.0 Å². The molecule has 1 aliphatic heterocycles. The van der Waals surface area contributed by atoms with Crippen molar-refractivity contribution in [3.05, 3.63) is 0 Å². The van der Waals surface area contributed by atoms with Crippen molar-refractivity contribution in [2.24, 2.45) is 17.8 Å². The van der Waals surface area contributed by atoms with Crippen LogP contribution in [0.25, 0.3) is 0 Å². The zero-order valence-electron chi connectivity index (χ0n) is 11.6. The molecule has 2 N–H and O–H groups in total. The van der Waals surface area contributed by atoms with Crippen molar-refractivity contribution in [3.8, 4) is 0 Å². The van der Waals surface area contributed by atoms with Crippen molar-refractivity contribution in [3.63, 3.8) is 0 Å². The van der Waals surface area contributed by atoms with E-state index in [1.807, 2.05) is 0 Å². The topological polar surface area (TPSA) is 41.1 Å². The Morgan fingerprint density at radius 2 is 2.05 bits per heavy atom. The summed E-state index contributed by atoms with van der Waals surface area (Å²) in [5, 5.41) is 6.08. The minimum absolute atomic E-state index is 0.0414. The van der Waals surface area contributed by atoms with Gasteiger partial charge in [-0.25, -0.2) is 0 Å². The second-order valence-electron chi connectivity index (χ2n) is 6.04. The van der Waals surface area contributed by atoms with E-state index in [0.29, 0.717) is 25.3 Å². The molecule has 1 saturated carbocycles. The van der Waals surface area contributed by atoms with Gasteiger partial charge in [-0.15, -0.1) is 0 Å². The van der Waals surface area contributed by atoms with E-state index < -0.39 is 18.0 Å². The fourth-order valence-corrected chi connectivity index (χ4v) is 3.23. The van der Waals surface area contributed by atoms with Crippen LogP contribution in [0.4, 0.5) is 13.2 Å². The highest BCUT2D eigenvalue weighted by Crippen LogP contribution is 2.39. The molecule has 20 heavy (non-hydrogen) atoms. The Kier molecular flexibility index (Phi) is 5.29. The minimum atomic E-state index is -4.16. The van der Waals surface area contributed by atoms with Gasteiger partial charge >= 0.3 is 6.18 Å². The monoisotopic (exact) mass is 292 g/mol. The standard InChI is InChI=1S/C14H23F3N2O/c15-14(16,17)12-3-1-2-11(8-12)13(20)19-7-5-10-4-6-18-9-10/h10-12,18H,1-9H2,(H,19,20). The molecule has 0 aromatic carbocycles. The summed E-state index contributed by atoms with van der Waals surface area (Å²) in [5.41, 5.74) is 0. The highest BCUT2D eigenvalue weighted by Gasteiger charge is 2.43. The lowest BCUT2D eigenvalue weighted by atomic mass is 9.80. The van der Waals surface area contributed by atoms with Crippen LogP contribution < -0.4 is 10.6 Å². The van der Waals surface area contributed by atoms with Crippen LogP contribution in [0.2, 0.25) is 0 Å². The maximum absolute atomic E-state index is 12.7. The van der Waals surface area contributed by atoms with Gasteiger partial charge in [-0.1, -0.05) is 6.42 Å². The largest absolute Gasteiger partial charge is 0.391 e. The summed E-state index contributed by atoms with van der Waals surface area (Å²) in [4.78, 5) is 12.0. The Balaban J connectivity index is 1.71. The smallest absolute Gasteiger partial charge is 0.356 e. The zero-order valence-corrected chi connectivity index (χ0v) is 11.6. The van der Waals surface area contributed by atoms with Gasteiger partial charge in [0.05, 0.1) is 5.92 Å². The first-order chi connectivity index (χ1) is 9.47. The van der Waals surface area contributed by atoms with Crippen molar-refractivity contribution in [1.82, 2.24) is 10.6 Å². The predicted octanol–water partition coefficient (Wildman–Crippen LogP) is 2.47. The number of hydrogen-bond acceptors (Lipinski definition) is 2. The normalized spacial score (nSPS) is 31.2. The Hall–Kier alpha value is -0.780. The summed E-state index contributed by atoms with van der Waals surface area (Å²) in [6, 6.07) is 0. The van der Waals surface area contributed by atoms with Crippen molar-refractivity contribution in [1.29, 1.82) is 0 Å². The molecule has 1 amide bonds. The third-order valence-electron chi connectivity index (χ3n) is 4.52. The van der Waals surface area contributed by atoms with Crippen LogP contribution in [0.1, 0.15) is 38.5 Å². The molecule has 0 aromatic heterocycles. The fraction of sp³-hybridized carbons (Fsp3) is 0.929. The van der Waals surface area contributed by atoms with E-state index in [-0.39, 0.29) is 18.7 Å². The van der Waals surface area contributed by atoms with Gasteiger partial charge in [-0.2, -0.15) is 13.2 Å². The molecule has 2 fully saturated rings. The molecular weight excluding hydrogens is 269 g/mol. The van der Waals surface area contributed by atoms with E-state index >= 15 is 0 Å². The molecule has 116 valence electrons. The second kappa shape index (κ2) is 6.78. The molecule has 0 spiro atoms. The number of amides is 1. The molecule has 0 aromatic rings. The molecule has 2 rings (SSSR count). The van der Waals surface area contributed by atoms with Crippen LogP contribution in [-0.4, -0.2) is 31.7 Å². The first kappa shape index (κ1) is 15.6. The molecule has 0 radical (unpaired) electrons. The summed E-state index contributed by atoms with van der Waals surface area (Å²) in [6.07, 6.45) is -0.919. The number of carbonyl (C=O) groups excluding carboxylic acids is 1. The SMILES string of the molecule is O=C(NCCC1CCNC1)C1CCCC(C(F)(F)F)C1. The highest BCUT2D eigenvalue weighted by atomic mass is 19.4. The highest BCUT2D eigenvalue weighted by molar-refractivity contribution is 5.78. The van der Waals surface area contributed by atoms with Crippen LogP contribution >= 0.6 is 0 Å². The van der Waals surface area contributed by atoms with Gasteiger partial charge in [0.15, 0.2) is 0 Å². The lowest BCUT2D eigenvalue weighted by Gasteiger charge is -2.29. The van der Waals surface area contributed by atoms with Crippen LogP contribution in [-0.2, 0) is 4.79 Å². The van der Waals surface area contributed by atoms with Gasteiger partial charge in [0, 0.05) is 12.5 Å². The van der Waals surface area contributed by atoms with Crippen LogP contribution in [0.15, 0.2) is 0 Å². The number of alkyl halides is 3. The molecule has 1 aliphatic carbocycles. The van der Waals surface area contributed by atoms with E-state index in [4.69, 9.17) is 0 Å². The molecule has 6 heteroatoms. The summed E-state index contributed by atoms with van der Waals surface area (Å²) in [6.45, 7) is 2.59. The summed E-state index contributed by atoms with van der Waals surface area (Å²) in [7, 11) is 0. The van der Waals surface area contributed by atoms with Crippen LogP contribution in [0.5, 0.6) is 0 Å². The third-order valence-corrected chi connectivity index (χ3v) is 4.52. The van der Waals surface area contributed by atoms with E-state index in [2.05, 4.69) is 10.6 Å². The van der Waals surface area contributed by atoms with Crippen molar-refractivity contribution in [2.75, 3.05) is 19.6 Å². The van der Waals surface area contributed by atoms with Crippen molar-refractivity contribution in [2.45, 2.75) is 44.7 Å². The Morgan fingerprint density at radius 3 is 2.70 bits per heavy atom. The summed E-state index contributed by atoms with van der Waals surface area (Å²) >= 11 is 0. The Labute approximate surface area is 117 Å². The lowest BCUT2D eigenvalue weighted by Crippen LogP contribution is -2.38. The summed E-state index contributed by atoms with van der Waals surface area (Å²) < 4.78 is 38.1. The molecule has 3 unspecified atom stereocenters. The second-order valence-corrected chi connectivity index (χ2v) is 6.04. The number of nitrogens with one attached hydrogen (secondary N) is 2. The molecular formula is C14H23F3N2O. The maximum atomic E-state index is 12.7. The van der Waals surface area contributed by atoms with E-state index in [1.165, 1.54) is 0 Å². The Morgan fingerprint density at radius 1 is 1.25 bits per heavy atom. The van der Waals surface area contributed by atoms with Gasteiger partial charge in [0.2, 0.25) is 5.91 Å². The van der Waals surface area contributed by atoms with Crippen molar-refractivity contribution < 1.29 is 18.0 Å². The molecule has 0 bridgehead atoms. The number of halogens is 3. The number of hydrogen-bond donors (Lipinski definition) is 2. The first-order valence-electron chi connectivity index (χ1n) is 7.52. The molecule has 3 atom stereocenters. The van der Waals surface area contributed by atoms with Gasteiger partial charge in [0.1, 0.15) is 0 Å². The van der Waals surface area contributed by atoms with Gasteiger partial charge in [0.25, 0.3) is 0 Å². The minimum Gasteiger partial charge on any atom is -0.356 e. The lowest BCUT2D eigenvalue weighted by molar-refractivity contribution is -0.186. The van der Waals surface area contributed by atoms with Crippen LogP contribution in [0, 0.1) is 17.8 Å². The van der Waals surface area contributed by atoms with Gasteiger partial charge in [-0.05, 0) is 51.1 Å². The number of carbonyl (C=O) groups is 1. The molecule has 1 heterocycles. The van der Waals surface area contributed by atoms with Gasteiger partial charge < -0.3 is 10.6 Å². The van der Waals surface area contributed by atoms with Gasteiger partial charge in [-0.3, -0.25) is 4.79 Å². The molecule has 3 nitrogen and oxygen atoms in total. The zero-order chi connectivity index (χ0) is 14.6. The first-order valence-corrected chi connectivity index (χ1v) is 7.52.